The zero-order valence-electron chi connectivity index (χ0n) is 16.0. The molecule has 4 rings (SSSR count). The summed E-state index contributed by atoms with van der Waals surface area (Å²) in [5, 5.41) is 4.03. The molecule has 1 N–H and O–H groups in total. The first-order valence-corrected chi connectivity index (χ1v) is 9.84. The Balaban J connectivity index is 1.72. The molecule has 0 saturated carbocycles. The van der Waals surface area contributed by atoms with Crippen molar-refractivity contribution in [1.29, 1.82) is 0 Å². The van der Waals surface area contributed by atoms with Crippen LogP contribution in [0.2, 0.25) is 0 Å². The van der Waals surface area contributed by atoms with Gasteiger partial charge in [-0.1, -0.05) is 12.1 Å². The molecule has 4 aromatic rings. The van der Waals surface area contributed by atoms with E-state index in [1.807, 2.05) is 50.2 Å². The zero-order chi connectivity index (χ0) is 19.7. The number of benzene rings is 1. The molecule has 0 fully saturated rings. The largest absolute Gasteiger partial charge is 0.497 e. The molecule has 0 unspecified atom stereocenters. The lowest BCUT2D eigenvalue weighted by Crippen LogP contribution is -2.23. The van der Waals surface area contributed by atoms with E-state index < -0.39 is 0 Å². The molecule has 3 aromatic heterocycles. The maximum atomic E-state index is 13.1. The van der Waals surface area contributed by atoms with E-state index in [0.29, 0.717) is 11.4 Å². The number of aryl methyl sites for hydroxylation is 2. The van der Waals surface area contributed by atoms with Crippen molar-refractivity contribution in [3.8, 4) is 11.4 Å². The summed E-state index contributed by atoms with van der Waals surface area (Å²) in [6, 6.07) is 15.8. The van der Waals surface area contributed by atoms with Crippen LogP contribution in [-0.4, -0.2) is 22.6 Å². The first-order valence-electron chi connectivity index (χ1n) is 9.02. The van der Waals surface area contributed by atoms with E-state index in [1.165, 1.54) is 11.3 Å². The number of carbonyl (C=O) groups is 1. The summed E-state index contributed by atoms with van der Waals surface area (Å²) >= 11 is 1.42. The molecule has 5 nitrogen and oxygen atoms in total. The number of hydrogen-bond acceptors (Lipinski definition) is 4. The van der Waals surface area contributed by atoms with Gasteiger partial charge in [0.2, 0.25) is 0 Å². The van der Waals surface area contributed by atoms with Crippen LogP contribution in [0.5, 0.6) is 5.75 Å². The minimum atomic E-state index is -0.103. The fraction of sp³-hybridized carbons (Fsp3) is 0.182. The Morgan fingerprint density at radius 1 is 1.14 bits per heavy atom. The van der Waals surface area contributed by atoms with Crippen LogP contribution in [0.15, 0.2) is 54.7 Å². The summed E-state index contributed by atoms with van der Waals surface area (Å²) in [4.78, 5) is 19.1. The average Bonchev–Trinajstić information content (AvgIpc) is 3.25. The van der Waals surface area contributed by atoms with Crippen molar-refractivity contribution in [3.63, 3.8) is 0 Å². The van der Waals surface area contributed by atoms with Gasteiger partial charge in [0, 0.05) is 29.5 Å². The van der Waals surface area contributed by atoms with Crippen LogP contribution in [0.4, 0.5) is 0 Å². The number of nitrogens with one attached hydrogen (secondary N) is 1. The molecule has 1 aromatic carbocycles. The lowest BCUT2D eigenvalue weighted by Gasteiger charge is -2.12. The lowest BCUT2D eigenvalue weighted by atomic mass is 10.2. The number of methoxy groups -OCH3 is 1. The maximum Gasteiger partial charge on any atom is 0.263 e. The van der Waals surface area contributed by atoms with Gasteiger partial charge in [0.25, 0.3) is 5.91 Å². The Hall–Kier alpha value is -3.12. The molecule has 0 spiro atoms. The van der Waals surface area contributed by atoms with E-state index in [-0.39, 0.29) is 5.91 Å². The molecular weight excluding hydrogens is 370 g/mol. The second-order valence-electron chi connectivity index (χ2n) is 6.62. The van der Waals surface area contributed by atoms with E-state index in [0.717, 1.165) is 38.6 Å². The van der Waals surface area contributed by atoms with Crippen molar-refractivity contribution in [1.82, 2.24) is 14.9 Å². The van der Waals surface area contributed by atoms with Gasteiger partial charge in [-0.05, 0) is 55.8 Å². The first-order chi connectivity index (χ1) is 13.6. The highest BCUT2D eigenvalue weighted by molar-refractivity contribution is 7.21. The molecule has 142 valence electrons. The Bertz CT molecular complexity index is 1140. The van der Waals surface area contributed by atoms with E-state index in [9.17, 15) is 4.79 Å². The van der Waals surface area contributed by atoms with Crippen LogP contribution in [0.1, 0.15) is 26.6 Å². The number of amides is 1. The number of pyridine rings is 1. The Kier molecular flexibility index (Phi) is 4.88. The van der Waals surface area contributed by atoms with Gasteiger partial charge in [-0.25, -0.2) is 4.98 Å². The van der Waals surface area contributed by atoms with Gasteiger partial charge in [0.05, 0.1) is 12.8 Å². The van der Waals surface area contributed by atoms with E-state index in [1.54, 1.807) is 13.3 Å². The van der Waals surface area contributed by atoms with Crippen LogP contribution in [0.3, 0.4) is 0 Å². The minimum absolute atomic E-state index is 0.103. The van der Waals surface area contributed by atoms with Crippen molar-refractivity contribution in [2.45, 2.75) is 20.4 Å². The highest BCUT2D eigenvalue weighted by atomic mass is 32.1. The number of ether oxygens (including phenoxy) is 1. The molecule has 0 aliphatic rings. The van der Waals surface area contributed by atoms with Crippen LogP contribution in [-0.2, 0) is 6.54 Å². The molecule has 0 aliphatic heterocycles. The van der Waals surface area contributed by atoms with Gasteiger partial charge >= 0.3 is 0 Å². The van der Waals surface area contributed by atoms with Gasteiger partial charge in [0.15, 0.2) is 0 Å². The topological polar surface area (TPSA) is 56.1 Å². The predicted octanol–water partition coefficient (Wildman–Crippen LogP) is 4.64. The molecule has 3 heterocycles. The molecule has 0 bridgehead atoms. The average molecular weight is 391 g/mol. The third-order valence-electron chi connectivity index (χ3n) is 4.73. The molecule has 0 atom stereocenters. The minimum Gasteiger partial charge on any atom is -0.497 e. The molecule has 0 aliphatic carbocycles. The zero-order valence-corrected chi connectivity index (χ0v) is 16.8. The normalized spacial score (nSPS) is 11.0. The second-order valence-corrected chi connectivity index (χ2v) is 7.62. The fourth-order valence-corrected chi connectivity index (χ4v) is 4.41. The number of rotatable bonds is 5. The van der Waals surface area contributed by atoms with Gasteiger partial charge in [-0.2, -0.15) is 0 Å². The molecule has 0 radical (unpaired) electrons. The third kappa shape index (κ3) is 3.27. The van der Waals surface area contributed by atoms with Gasteiger partial charge < -0.3 is 14.6 Å². The standard InChI is InChI=1S/C22H21N3O2S/c1-14-9-10-15(2)25(14)19-18-8-5-11-23-22(18)28-20(19)21(26)24-13-16-6-4-7-17(12-16)27-3/h4-12H,13H2,1-3H3,(H,24,26). The predicted molar refractivity (Wildman–Crippen MR) is 113 cm³/mol. The summed E-state index contributed by atoms with van der Waals surface area (Å²) in [6.07, 6.45) is 1.76. The van der Waals surface area contributed by atoms with Crippen molar-refractivity contribution >= 4 is 27.5 Å². The number of thiophene rings is 1. The van der Waals surface area contributed by atoms with Gasteiger partial charge in [-0.15, -0.1) is 11.3 Å². The van der Waals surface area contributed by atoms with Crippen molar-refractivity contribution < 1.29 is 9.53 Å². The summed E-state index contributed by atoms with van der Waals surface area (Å²) in [6.45, 7) is 4.52. The highest BCUT2D eigenvalue weighted by Crippen LogP contribution is 2.34. The van der Waals surface area contributed by atoms with Crippen LogP contribution in [0, 0.1) is 13.8 Å². The van der Waals surface area contributed by atoms with Gasteiger partial charge in [-0.3, -0.25) is 4.79 Å². The highest BCUT2D eigenvalue weighted by Gasteiger charge is 2.22. The quantitative estimate of drug-likeness (QED) is 0.539. The molecule has 28 heavy (non-hydrogen) atoms. The van der Waals surface area contributed by atoms with Crippen molar-refractivity contribution in [3.05, 3.63) is 76.6 Å². The summed E-state index contributed by atoms with van der Waals surface area (Å²) < 4.78 is 7.38. The van der Waals surface area contributed by atoms with Gasteiger partial charge in [0.1, 0.15) is 15.5 Å². The second kappa shape index (κ2) is 7.48. The summed E-state index contributed by atoms with van der Waals surface area (Å²) in [7, 11) is 1.63. The summed E-state index contributed by atoms with van der Waals surface area (Å²) in [5.41, 5.74) is 4.06. The molecule has 1 amide bonds. The van der Waals surface area contributed by atoms with E-state index >= 15 is 0 Å². The monoisotopic (exact) mass is 391 g/mol. The van der Waals surface area contributed by atoms with Crippen molar-refractivity contribution in [2.24, 2.45) is 0 Å². The summed E-state index contributed by atoms with van der Waals surface area (Å²) in [5.74, 6) is 0.672. The lowest BCUT2D eigenvalue weighted by molar-refractivity contribution is 0.0955. The number of hydrogen-bond donors (Lipinski definition) is 1. The Morgan fingerprint density at radius 3 is 2.68 bits per heavy atom. The maximum absolute atomic E-state index is 13.1. The smallest absolute Gasteiger partial charge is 0.263 e. The third-order valence-corrected chi connectivity index (χ3v) is 5.83. The van der Waals surface area contributed by atoms with E-state index in [2.05, 4.69) is 27.0 Å². The Morgan fingerprint density at radius 2 is 1.93 bits per heavy atom. The Labute approximate surface area is 167 Å². The van der Waals surface area contributed by atoms with Crippen molar-refractivity contribution in [2.75, 3.05) is 7.11 Å². The van der Waals surface area contributed by atoms with Crippen LogP contribution >= 0.6 is 11.3 Å². The van der Waals surface area contributed by atoms with Crippen LogP contribution in [0.25, 0.3) is 15.9 Å². The molecule has 6 heteroatoms. The van der Waals surface area contributed by atoms with E-state index in [4.69, 9.17) is 4.74 Å². The number of aromatic nitrogens is 2. The number of carbonyl (C=O) groups excluding carboxylic acids is 1. The number of fused-ring (bicyclic) bond motifs is 1. The first kappa shape index (κ1) is 18.3. The SMILES string of the molecule is COc1cccc(CNC(=O)c2sc3ncccc3c2-n2c(C)ccc2C)c1. The van der Waals surface area contributed by atoms with Crippen LogP contribution < -0.4 is 10.1 Å². The fourth-order valence-electron chi connectivity index (χ4n) is 3.36. The molecular formula is C22H21N3O2S. The number of nitrogens with zero attached hydrogens (tertiary/aromatic N) is 2. The molecule has 0 saturated heterocycles.